The summed E-state index contributed by atoms with van der Waals surface area (Å²) in [6, 6.07) is 10.1. The van der Waals surface area contributed by atoms with Gasteiger partial charge in [-0.2, -0.15) is 13.2 Å². The van der Waals surface area contributed by atoms with Crippen molar-refractivity contribution in [1.29, 1.82) is 0 Å². The molecular weight excluding hydrogens is 313 g/mol. The fourth-order valence-corrected chi connectivity index (χ4v) is 2.34. The fraction of sp³-hybridized carbons (Fsp3) is 0.294. The fourth-order valence-electron chi connectivity index (χ4n) is 2.08. The summed E-state index contributed by atoms with van der Waals surface area (Å²) in [5.41, 5.74) is 0.168. The molecule has 0 fully saturated rings. The molecule has 0 bridgehead atoms. The van der Waals surface area contributed by atoms with Crippen LogP contribution in [0.4, 0.5) is 13.2 Å². The smallest absolute Gasteiger partial charge is 0.419 e. The molecule has 118 valence electrons. The van der Waals surface area contributed by atoms with Crippen LogP contribution >= 0.6 is 11.6 Å². The molecule has 0 heterocycles. The van der Waals surface area contributed by atoms with Crippen molar-refractivity contribution in [3.63, 3.8) is 0 Å². The molecular formula is C17H16ClF3O. The average molecular weight is 329 g/mol. The molecule has 2 aromatic rings. The highest BCUT2D eigenvalue weighted by Crippen LogP contribution is 2.38. The van der Waals surface area contributed by atoms with Gasteiger partial charge in [-0.1, -0.05) is 43.1 Å². The lowest BCUT2D eigenvalue weighted by atomic mass is 10.1. The maximum absolute atomic E-state index is 12.9. The lowest BCUT2D eigenvalue weighted by molar-refractivity contribution is -0.138. The van der Waals surface area contributed by atoms with Crippen molar-refractivity contribution in [2.75, 3.05) is 0 Å². The molecule has 0 atom stereocenters. The zero-order valence-corrected chi connectivity index (χ0v) is 12.8. The molecule has 1 nitrogen and oxygen atoms in total. The van der Waals surface area contributed by atoms with Crippen LogP contribution in [0.25, 0.3) is 0 Å². The standard InChI is InChI=1S/C17H16ClF3O/c1-2-3-6-12-9-10-13(11-15(12)18)22-16-8-5-4-7-14(16)17(19,20)21/h4-5,7-11H,2-3,6H2,1H3. The summed E-state index contributed by atoms with van der Waals surface area (Å²) in [6.07, 6.45) is -1.55. The molecule has 0 aliphatic heterocycles. The molecule has 0 radical (unpaired) electrons. The van der Waals surface area contributed by atoms with Crippen LogP contribution in [0.2, 0.25) is 5.02 Å². The van der Waals surface area contributed by atoms with E-state index >= 15 is 0 Å². The van der Waals surface area contributed by atoms with Gasteiger partial charge in [0.1, 0.15) is 11.5 Å². The van der Waals surface area contributed by atoms with E-state index in [1.165, 1.54) is 18.2 Å². The molecule has 0 saturated heterocycles. The summed E-state index contributed by atoms with van der Waals surface area (Å²) in [4.78, 5) is 0. The van der Waals surface area contributed by atoms with Gasteiger partial charge in [0.25, 0.3) is 0 Å². The third-order valence-electron chi connectivity index (χ3n) is 3.24. The minimum atomic E-state index is -4.46. The van der Waals surface area contributed by atoms with Crippen molar-refractivity contribution >= 4 is 11.6 Å². The van der Waals surface area contributed by atoms with E-state index in [9.17, 15) is 13.2 Å². The molecule has 2 rings (SSSR count). The predicted octanol–water partition coefficient (Wildman–Crippen LogP) is 6.49. The Kier molecular flexibility index (Phi) is 5.35. The van der Waals surface area contributed by atoms with Crippen LogP contribution in [-0.4, -0.2) is 0 Å². The number of alkyl halides is 3. The third kappa shape index (κ3) is 4.17. The van der Waals surface area contributed by atoms with Crippen molar-refractivity contribution < 1.29 is 17.9 Å². The van der Waals surface area contributed by atoms with E-state index in [1.54, 1.807) is 18.2 Å². The molecule has 0 saturated carbocycles. The average Bonchev–Trinajstić information content (AvgIpc) is 2.46. The Hall–Kier alpha value is -1.68. The van der Waals surface area contributed by atoms with Crippen LogP contribution < -0.4 is 4.74 Å². The summed E-state index contributed by atoms with van der Waals surface area (Å²) in [6.45, 7) is 2.08. The van der Waals surface area contributed by atoms with Gasteiger partial charge in [0.2, 0.25) is 0 Å². The maximum Gasteiger partial charge on any atom is 0.419 e. The number of ether oxygens (including phenoxy) is 1. The van der Waals surface area contributed by atoms with Crippen LogP contribution in [0.5, 0.6) is 11.5 Å². The van der Waals surface area contributed by atoms with E-state index in [2.05, 4.69) is 6.92 Å². The number of para-hydroxylation sites is 1. The van der Waals surface area contributed by atoms with Gasteiger partial charge in [-0.05, 0) is 42.7 Å². The number of rotatable bonds is 5. The van der Waals surface area contributed by atoms with Crippen molar-refractivity contribution in [2.24, 2.45) is 0 Å². The number of aryl methyl sites for hydroxylation is 1. The highest BCUT2D eigenvalue weighted by atomic mass is 35.5. The molecule has 0 N–H and O–H groups in total. The highest BCUT2D eigenvalue weighted by Gasteiger charge is 2.34. The van der Waals surface area contributed by atoms with E-state index in [1.807, 2.05) is 0 Å². The second-order valence-electron chi connectivity index (χ2n) is 4.95. The topological polar surface area (TPSA) is 9.23 Å². The SMILES string of the molecule is CCCCc1ccc(Oc2ccccc2C(F)(F)F)cc1Cl. The minimum Gasteiger partial charge on any atom is -0.457 e. The van der Waals surface area contributed by atoms with E-state index < -0.39 is 11.7 Å². The lowest BCUT2D eigenvalue weighted by Crippen LogP contribution is -2.06. The molecule has 0 unspecified atom stereocenters. The van der Waals surface area contributed by atoms with E-state index in [0.717, 1.165) is 30.9 Å². The van der Waals surface area contributed by atoms with E-state index in [0.29, 0.717) is 10.8 Å². The zero-order valence-electron chi connectivity index (χ0n) is 12.1. The first kappa shape index (κ1) is 16.7. The van der Waals surface area contributed by atoms with Gasteiger partial charge in [-0.25, -0.2) is 0 Å². The maximum atomic E-state index is 12.9. The molecule has 22 heavy (non-hydrogen) atoms. The van der Waals surface area contributed by atoms with Crippen LogP contribution in [0, 0.1) is 0 Å². The van der Waals surface area contributed by atoms with Crippen LogP contribution in [-0.2, 0) is 12.6 Å². The number of unbranched alkanes of at least 4 members (excludes halogenated alkanes) is 1. The molecule has 0 amide bonds. The highest BCUT2D eigenvalue weighted by molar-refractivity contribution is 6.31. The van der Waals surface area contributed by atoms with Crippen LogP contribution in [0.1, 0.15) is 30.9 Å². The Balaban J connectivity index is 2.23. The lowest BCUT2D eigenvalue weighted by Gasteiger charge is -2.14. The molecule has 5 heteroatoms. The van der Waals surface area contributed by atoms with E-state index in [4.69, 9.17) is 16.3 Å². The van der Waals surface area contributed by atoms with Gasteiger partial charge < -0.3 is 4.74 Å². The predicted molar refractivity (Wildman–Crippen MR) is 81.6 cm³/mol. The minimum absolute atomic E-state index is 0.229. The largest absolute Gasteiger partial charge is 0.457 e. The summed E-state index contributed by atoms with van der Waals surface area (Å²) < 4.78 is 44.2. The summed E-state index contributed by atoms with van der Waals surface area (Å²) in [7, 11) is 0. The second-order valence-corrected chi connectivity index (χ2v) is 5.36. The zero-order chi connectivity index (χ0) is 16.2. The molecule has 0 aliphatic rings. The first-order chi connectivity index (χ1) is 10.4. The Morgan fingerprint density at radius 2 is 1.82 bits per heavy atom. The van der Waals surface area contributed by atoms with Crippen molar-refractivity contribution in [1.82, 2.24) is 0 Å². The number of halogens is 4. The van der Waals surface area contributed by atoms with Gasteiger partial charge in [0.05, 0.1) is 5.56 Å². The first-order valence-electron chi connectivity index (χ1n) is 7.04. The molecule has 2 aromatic carbocycles. The number of hydrogen-bond donors (Lipinski definition) is 0. The van der Waals surface area contributed by atoms with E-state index in [-0.39, 0.29) is 5.75 Å². The van der Waals surface area contributed by atoms with Gasteiger partial charge in [0, 0.05) is 5.02 Å². The van der Waals surface area contributed by atoms with Gasteiger partial charge in [0.15, 0.2) is 0 Å². The Labute approximate surface area is 132 Å². The number of hydrogen-bond acceptors (Lipinski definition) is 1. The summed E-state index contributed by atoms with van der Waals surface area (Å²) >= 11 is 6.16. The third-order valence-corrected chi connectivity index (χ3v) is 3.60. The normalized spacial score (nSPS) is 11.5. The summed E-state index contributed by atoms with van der Waals surface area (Å²) in [5.74, 6) is 0.0642. The second kappa shape index (κ2) is 7.05. The monoisotopic (exact) mass is 328 g/mol. The van der Waals surface area contributed by atoms with Crippen molar-refractivity contribution in [3.8, 4) is 11.5 Å². The van der Waals surface area contributed by atoms with Crippen molar-refractivity contribution in [3.05, 3.63) is 58.6 Å². The van der Waals surface area contributed by atoms with Gasteiger partial charge in [-0.15, -0.1) is 0 Å². The van der Waals surface area contributed by atoms with Crippen LogP contribution in [0.15, 0.2) is 42.5 Å². The Morgan fingerprint density at radius 1 is 1.09 bits per heavy atom. The van der Waals surface area contributed by atoms with Gasteiger partial charge in [-0.3, -0.25) is 0 Å². The summed E-state index contributed by atoms with van der Waals surface area (Å²) in [5, 5.41) is 0.510. The quantitative estimate of drug-likeness (QED) is 0.609. The van der Waals surface area contributed by atoms with Crippen molar-refractivity contribution in [2.45, 2.75) is 32.4 Å². The molecule has 0 aliphatic carbocycles. The number of benzene rings is 2. The Morgan fingerprint density at radius 3 is 2.45 bits per heavy atom. The van der Waals surface area contributed by atoms with Gasteiger partial charge >= 0.3 is 6.18 Å². The molecule has 0 spiro atoms. The molecule has 0 aromatic heterocycles. The van der Waals surface area contributed by atoms with Crippen LogP contribution in [0.3, 0.4) is 0 Å². The first-order valence-corrected chi connectivity index (χ1v) is 7.42. The Bertz CT molecular complexity index is 638.